The number of anilines is 1. The largest absolute Gasteiger partial charge is 0.494 e. The first-order valence-electron chi connectivity index (χ1n) is 7.74. The van der Waals surface area contributed by atoms with Gasteiger partial charge in [0, 0.05) is 6.54 Å². The van der Waals surface area contributed by atoms with Crippen molar-refractivity contribution in [3.63, 3.8) is 0 Å². The maximum Gasteiger partial charge on any atom is 0.494 e. The van der Waals surface area contributed by atoms with Crippen molar-refractivity contribution in [2.24, 2.45) is 0 Å². The van der Waals surface area contributed by atoms with Crippen LogP contribution < -0.4 is 10.4 Å². The third-order valence-corrected chi connectivity index (χ3v) is 4.47. The lowest BCUT2D eigenvalue weighted by Crippen LogP contribution is -2.41. The average Bonchev–Trinajstić information content (AvgIpc) is 2.65. The molecule has 5 nitrogen and oxygen atoms in total. The molecule has 1 heterocycles. The molecular weight excluding hydrogens is 300 g/mol. The van der Waals surface area contributed by atoms with Gasteiger partial charge in [-0.05, 0) is 51.7 Å². The van der Waals surface area contributed by atoms with Crippen molar-refractivity contribution in [3.8, 4) is 0 Å². The Hall–Kier alpha value is -1.60. The van der Waals surface area contributed by atoms with Crippen LogP contribution in [0.4, 0.5) is 14.9 Å². The molecule has 1 aliphatic rings. The summed E-state index contributed by atoms with van der Waals surface area (Å²) in [7, 11) is -0.673. The van der Waals surface area contributed by atoms with E-state index in [1.54, 1.807) is 6.07 Å². The van der Waals surface area contributed by atoms with Crippen molar-refractivity contribution >= 4 is 24.4 Å². The SMILES string of the molecule is CCCN(C(=O)O)c1ccc(B2OC(C)(C)C(C)(C)O2)cc1F. The third kappa shape index (κ3) is 3.35. The van der Waals surface area contributed by atoms with Gasteiger partial charge in [-0.15, -0.1) is 0 Å². The van der Waals surface area contributed by atoms with E-state index in [4.69, 9.17) is 9.31 Å². The molecule has 0 atom stereocenters. The van der Waals surface area contributed by atoms with E-state index in [1.807, 2.05) is 34.6 Å². The number of hydrogen-bond acceptors (Lipinski definition) is 3. The van der Waals surface area contributed by atoms with Crippen LogP contribution in [0.5, 0.6) is 0 Å². The predicted molar refractivity (Wildman–Crippen MR) is 87.8 cm³/mol. The Labute approximate surface area is 136 Å². The van der Waals surface area contributed by atoms with Gasteiger partial charge in [0.25, 0.3) is 0 Å². The van der Waals surface area contributed by atoms with E-state index in [0.29, 0.717) is 11.9 Å². The van der Waals surface area contributed by atoms with Gasteiger partial charge >= 0.3 is 13.2 Å². The molecule has 0 saturated carbocycles. The molecule has 0 radical (unpaired) electrons. The second-order valence-corrected chi connectivity index (χ2v) is 6.73. The molecule has 0 unspecified atom stereocenters. The molecule has 7 heteroatoms. The molecule has 1 aromatic rings. The van der Waals surface area contributed by atoms with Crippen molar-refractivity contribution < 1.29 is 23.6 Å². The Morgan fingerprint density at radius 3 is 2.26 bits per heavy atom. The summed E-state index contributed by atoms with van der Waals surface area (Å²) in [6.07, 6.45) is -0.570. The highest BCUT2D eigenvalue weighted by Crippen LogP contribution is 2.36. The fourth-order valence-corrected chi connectivity index (χ4v) is 2.41. The molecule has 1 aliphatic heterocycles. The van der Waals surface area contributed by atoms with Crippen molar-refractivity contribution in [1.29, 1.82) is 0 Å². The molecule has 0 aromatic heterocycles. The fraction of sp³-hybridized carbons (Fsp3) is 0.562. The standard InChI is InChI=1S/C16H23BFNO4/c1-6-9-19(14(20)21)13-8-7-11(10-12(13)18)17-22-15(2,3)16(4,5)23-17/h7-8,10H,6,9H2,1-5H3,(H,20,21). The first-order valence-corrected chi connectivity index (χ1v) is 7.74. The van der Waals surface area contributed by atoms with Crippen LogP contribution in [-0.2, 0) is 9.31 Å². The van der Waals surface area contributed by atoms with Crippen LogP contribution in [0, 0.1) is 5.82 Å². The maximum atomic E-state index is 14.4. The van der Waals surface area contributed by atoms with E-state index < -0.39 is 30.2 Å². The Kier molecular flexibility index (Phi) is 4.73. The number of rotatable bonds is 4. The quantitative estimate of drug-likeness (QED) is 0.866. The summed E-state index contributed by atoms with van der Waals surface area (Å²) >= 11 is 0. The van der Waals surface area contributed by atoms with Crippen LogP contribution in [0.2, 0.25) is 0 Å². The number of carbonyl (C=O) groups is 1. The third-order valence-electron chi connectivity index (χ3n) is 4.47. The Bertz CT molecular complexity index is 590. The first kappa shape index (κ1) is 17.8. The molecule has 0 spiro atoms. The first-order chi connectivity index (χ1) is 10.6. The van der Waals surface area contributed by atoms with Gasteiger partial charge in [0.1, 0.15) is 5.82 Å². The minimum Gasteiger partial charge on any atom is -0.465 e. The Balaban J connectivity index is 2.28. The van der Waals surface area contributed by atoms with Gasteiger partial charge in [-0.25, -0.2) is 9.18 Å². The van der Waals surface area contributed by atoms with Crippen LogP contribution in [0.25, 0.3) is 0 Å². The molecule has 0 bridgehead atoms. The van der Waals surface area contributed by atoms with Crippen molar-refractivity contribution in [1.82, 2.24) is 0 Å². The lowest BCUT2D eigenvalue weighted by atomic mass is 9.79. The summed E-state index contributed by atoms with van der Waals surface area (Å²) in [5.74, 6) is -0.604. The van der Waals surface area contributed by atoms with Gasteiger partial charge in [-0.2, -0.15) is 0 Å². The molecule has 126 valence electrons. The fourth-order valence-electron chi connectivity index (χ4n) is 2.41. The highest BCUT2D eigenvalue weighted by atomic mass is 19.1. The second kappa shape index (κ2) is 6.13. The summed E-state index contributed by atoms with van der Waals surface area (Å²) in [4.78, 5) is 12.3. The lowest BCUT2D eigenvalue weighted by molar-refractivity contribution is 0.00578. The minimum absolute atomic E-state index is 0.0413. The van der Waals surface area contributed by atoms with E-state index in [1.165, 1.54) is 12.1 Å². The summed E-state index contributed by atoms with van der Waals surface area (Å²) in [5, 5.41) is 9.21. The smallest absolute Gasteiger partial charge is 0.465 e. The number of carboxylic acid groups (broad SMARTS) is 1. The van der Waals surface area contributed by atoms with E-state index in [2.05, 4.69) is 0 Å². The molecular formula is C16H23BFNO4. The number of halogens is 1. The van der Waals surface area contributed by atoms with E-state index in [-0.39, 0.29) is 12.2 Å². The Morgan fingerprint density at radius 2 is 1.83 bits per heavy atom. The molecule has 1 saturated heterocycles. The number of amides is 1. The van der Waals surface area contributed by atoms with Crippen LogP contribution in [0.3, 0.4) is 0 Å². The average molecular weight is 323 g/mol. The molecule has 1 aromatic carbocycles. The topological polar surface area (TPSA) is 59.0 Å². The zero-order chi connectivity index (χ0) is 17.4. The van der Waals surface area contributed by atoms with Crippen LogP contribution >= 0.6 is 0 Å². The van der Waals surface area contributed by atoms with Crippen LogP contribution in [0.1, 0.15) is 41.0 Å². The Morgan fingerprint density at radius 1 is 1.26 bits per heavy atom. The van der Waals surface area contributed by atoms with Gasteiger partial charge in [-0.1, -0.05) is 13.0 Å². The van der Waals surface area contributed by atoms with Gasteiger partial charge in [0.15, 0.2) is 0 Å². The maximum absolute atomic E-state index is 14.4. The number of benzene rings is 1. The molecule has 2 rings (SSSR count). The van der Waals surface area contributed by atoms with Crippen molar-refractivity contribution in [2.45, 2.75) is 52.2 Å². The van der Waals surface area contributed by atoms with Gasteiger partial charge in [-0.3, -0.25) is 4.90 Å². The number of nitrogens with zero attached hydrogens (tertiary/aromatic N) is 1. The lowest BCUT2D eigenvalue weighted by Gasteiger charge is -2.32. The zero-order valence-corrected chi connectivity index (χ0v) is 14.2. The predicted octanol–water partition coefficient (Wildman–Crippen LogP) is 3.02. The number of hydrogen-bond donors (Lipinski definition) is 1. The molecule has 23 heavy (non-hydrogen) atoms. The van der Waals surface area contributed by atoms with Gasteiger partial charge in [0.2, 0.25) is 0 Å². The monoisotopic (exact) mass is 323 g/mol. The van der Waals surface area contributed by atoms with Gasteiger partial charge < -0.3 is 14.4 Å². The second-order valence-electron chi connectivity index (χ2n) is 6.73. The van der Waals surface area contributed by atoms with E-state index in [9.17, 15) is 14.3 Å². The molecule has 0 aliphatic carbocycles. The molecule has 1 fully saturated rings. The van der Waals surface area contributed by atoms with Gasteiger partial charge in [0.05, 0.1) is 16.9 Å². The molecule has 1 N–H and O–H groups in total. The van der Waals surface area contributed by atoms with Crippen molar-refractivity contribution in [2.75, 3.05) is 11.4 Å². The summed E-state index contributed by atoms with van der Waals surface area (Å²) < 4.78 is 26.2. The van der Waals surface area contributed by atoms with Crippen molar-refractivity contribution in [3.05, 3.63) is 24.0 Å². The summed E-state index contributed by atoms with van der Waals surface area (Å²) in [6, 6.07) is 4.38. The zero-order valence-electron chi connectivity index (χ0n) is 14.2. The van der Waals surface area contributed by atoms with E-state index >= 15 is 0 Å². The van der Waals surface area contributed by atoms with Crippen LogP contribution in [-0.4, -0.2) is 36.1 Å². The van der Waals surface area contributed by atoms with Crippen LogP contribution in [0.15, 0.2) is 18.2 Å². The highest BCUT2D eigenvalue weighted by Gasteiger charge is 2.51. The minimum atomic E-state index is -1.17. The normalized spacial score (nSPS) is 19.0. The summed E-state index contributed by atoms with van der Waals surface area (Å²) in [6.45, 7) is 9.77. The highest BCUT2D eigenvalue weighted by molar-refractivity contribution is 6.62. The molecule has 1 amide bonds. The van der Waals surface area contributed by atoms with E-state index in [0.717, 1.165) is 4.90 Å². The summed E-state index contributed by atoms with van der Waals surface area (Å²) in [5.41, 5.74) is -0.448.